The average Bonchev–Trinajstić information content (AvgIpc) is 2.84. The Bertz CT molecular complexity index is 420. The fourth-order valence-electron chi connectivity index (χ4n) is 2.72. The van der Waals surface area contributed by atoms with E-state index in [1.807, 2.05) is 18.7 Å². The van der Waals surface area contributed by atoms with E-state index in [0.29, 0.717) is 5.92 Å². The summed E-state index contributed by atoms with van der Waals surface area (Å²) in [6.45, 7) is 4.82. The van der Waals surface area contributed by atoms with E-state index in [4.69, 9.17) is 22.2 Å². The monoisotopic (exact) mass is 272 g/mol. The normalized spacial score (nSPS) is 25.6. The predicted octanol–water partition coefficient (Wildman–Crippen LogP) is 1.18. The summed E-state index contributed by atoms with van der Waals surface area (Å²) in [6, 6.07) is 0.162. The van der Waals surface area contributed by atoms with Crippen LogP contribution in [0.15, 0.2) is 0 Å². The number of hydrazine groups is 1. The predicted molar refractivity (Wildman–Crippen MR) is 71.3 cm³/mol. The van der Waals surface area contributed by atoms with Crippen molar-refractivity contribution in [3.05, 3.63) is 16.4 Å². The number of hydrogen-bond acceptors (Lipinski definition) is 4. The number of aromatic nitrogens is 2. The molecule has 2 heterocycles. The third kappa shape index (κ3) is 2.54. The van der Waals surface area contributed by atoms with Crippen LogP contribution in [-0.2, 0) is 18.2 Å². The maximum absolute atomic E-state index is 6.28. The van der Waals surface area contributed by atoms with Gasteiger partial charge in [0, 0.05) is 32.0 Å². The van der Waals surface area contributed by atoms with Crippen LogP contribution in [0.1, 0.15) is 24.7 Å². The number of rotatable bonds is 4. The molecule has 18 heavy (non-hydrogen) atoms. The van der Waals surface area contributed by atoms with Crippen LogP contribution in [0.4, 0.5) is 0 Å². The molecule has 1 aliphatic heterocycles. The molecule has 1 aromatic heterocycles. The number of nitrogens with one attached hydrogen (secondary N) is 1. The highest BCUT2D eigenvalue weighted by Crippen LogP contribution is 2.28. The van der Waals surface area contributed by atoms with E-state index in [1.54, 1.807) is 0 Å². The lowest BCUT2D eigenvalue weighted by Gasteiger charge is -2.25. The second-order valence-electron chi connectivity index (χ2n) is 4.98. The van der Waals surface area contributed by atoms with Gasteiger partial charge in [0.15, 0.2) is 0 Å². The molecular formula is C12H21ClN4O. The van der Waals surface area contributed by atoms with Crippen LogP contribution in [0.2, 0.25) is 5.02 Å². The first kappa shape index (κ1) is 13.8. The van der Waals surface area contributed by atoms with Gasteiger partial charge in [0.05, 0.1) is 22.5 Å². The van der Waals surface area contributed by atoms with Gasteiger partial charge in [0.2, 0.25) is 0 Å². The third-order valence-electron chi connectivity index (χ3n) is 3.84. The van der Waals surface area contributed by atoms with Crippen molar-refractivity contribution < 1.29 is 4.74 Å². The van der Waals surface area contributed by atoms with E-state index in [2.05, 4.69) is 17.4 Å². The van der Waals surface area contributed by atoms with Crippen LogP contribution >= 0.6 is 11.6 Å². The minimum atomic E-state index is 0.162. The fraction of sp³-hybridized carbons (Fsp3) is 0.750. The average molecular weight is 273 g/mol. The van der Waals surface area contributed by atoms with E-state index in [9.17, 15) is 0 Å². The summed E-state index contributed by atoms with van der Waals surface area (Å²) in [5.74, 6) is 6.11. The molecule has 3 unspecified atom stereocenters. The van der Waals surface area contributed by atoms with Crippen LogP contribution in [0.5, 0.6) is 0 Å². The van der Waals surface area contributed by atoms with Crippen molar-refractivity contribution in [2.45, 2.75) is 38.8 Å². The highest BCUT2D eigenvalue weighted by Gasteiger charge is 2.32. The second kappa shape index (κ2) is 5.57. The molecule has 3 atom stereocenters. The first-order valence-corrected chi connectivity index (χ1v) is 6.68. The molecule has 2 rings (SSSR count). The molecule has 1 aliphatic rings. The van der Waals surface area contributed by atoms with Crippen LogP contribution in [0, 0.1) is 12.8 Å². The zero-order valence-corrected chi connectivity index (χ0v) is 11.9. The Morgan fingerprint density at radius 2 is 2.39 bits per heavy atom. The van der Waals surface area contributed by atoms with Gasteiger partial charge in [0.1, 0.15) is 0 Å². The van der Waals surface area contributed by atoms with Crippen molar-refractivity contribution >= 4 is 11.6 Å². The van der Waals surface area contributed by atoms with E-state index in [1.165, 1.54) is 0 Å². The van der Waals surface area contributed by atoms with Crippen molar-refractivity contribution in [2.75, 3.05) is 6.61 Å². The van der Waals surface area contributed by atoms with Gasteiger partial charge >= 0.3 is 0 Å². The molecule has 0 amide bonds. The van der Waals surface area contributed by atoms with Crippen molar-refractivity contribution in [2.24, 2.45) is 18.8 Å². The largest absolute Gasteiger partial charge is 0.378 e. The van der Waals surface area contributed by atoms with Crippen molar-refractivity contribution in [3.63, 3.8) is 0 Å². The smallest absolute Gasteiger partial charge is 0.0847 e. The van der Waals surface area contributed by atoms with Gasteiger partial charge in [-0.3, -0.25) is 16.0 Å². The fourth-order valence-corrected chi connectivity index (χ4v) is 2.96. The standard InChI is InChI=1S/C12H21ClN4O/c1-7-12(13)11(17(3)16-7)6-10(15-14)9-4-5-18-8(9)2/h8-10,15H,4-6,14H2,1-3H3. The van der Waals surface area contributed by atoms with E-state index in [-0.39, 0.29) is 12.1 Å². The Balaban J connectivity index is 2.15. The molecule has 0 bridgehead atoms. The first-order chi connectivity index (χ1) is 8.54. The maximum Gasteiger partial charge on any atom is 0.0847 e. The molecule has 0 aromatic carbocycles. The summed E-state index contributed by atoms with van der Waals surface area (Å²) in [5.41, 5.74) is 4.79. The molecule has 0 radical (unpaired) electrons. The minimum Gasteiger partial charge on any atom is -0.378 e. The van der Waals surface area contributed by atoms with Gasteiger partial charge in [-0.15, -0.1) is 0 Å². The lowest BCUT2D eigenvalue weighted by atomic mass is 9.90. The van der Waals surface area contributed by atoms with Crippen LogP contribution in [0.3, 0.4) is 0 Å². The van der Waals surface area contributed by atoms with E-state index in [0.717, 1.165) is 35.9 Å². The topological polar surface area (TPSA) is 65.1 Å². The summed E-state index contributed by atoms with van der Waals surface area (Å²) >= 11 is 6.28. The Morgan fingerprint density at radius 3 is 2.83 bits per heavy atom. The minimum absolute atomic E-state index is 0.162. The van der Waals surface area contributed by atoms with Gasteiger partial charge in [-0.2, -0.15) is 5.10 Å². The third-order valence-corrected chi connectivity index (χ3v) is 4.33. The number of halogens is 1. The molecule has 1 saturated heterocycles. The molecule has 0 saturated carbocycles. The zero-order chi connectivity index (χ0) is 13.3. The number of ether oxygens (including phenoxy) is 1. The maximum atomic E-state index is 6.28. The second-order valence-corrected chi connectivity index (χ2v) is 5.35. The highest BCUT2D eigenvalue weighted by atomic mass is 35.5. The Kier molecular flexibility index (Phi) is 4.27. The number of nitrogens with zero attached hydrogens (tertiary/aromatic N) is 2. The van der Waals surface area contributed by atoms with Crippen LogP contribution < -0.4 is 11.3 Å². The van der Waals surface area contributed by atoms with Gasteiger partial charge in [0.25, 0.3) is 0 Å². The first-order valence-electron chi connectivity index (χ1n) is 6.30. The molecule has 102 valence electrons. The SMILES string of the molecule is Cc1nn(C)c(CC(NN)C2CCOC2C)c1Cl. The van der Waals surface area contributed by atoms with Crippen LogP contribution in [0.25, 0.3) is 0 Å². The Hall–Kier alpha value is -0.620. The summed E-state index contributed by atoms with van der Waals surface area (Å²) in [7, 11) is 1.91. The molecule has 0 spiro atoms. The molecule has 1 aromatic rings. The van der Waals surface area contributed by atoms with Crippen molar-refractivity contribution in [3.8, 4) is 0 Å². The molecular weight excluding hydrogens is 252 g/mol. The molecule has 5 nitrogen and oxygen atoms in total. The number of nitrogens with two attached hydrogens (primary N) is 1. The summed E-state index contributed by atoms with van der Waals surface area (Å²) in [5, 5.41) is 5.07. The zero-order valence-electron chi connectivity index (χ0n) is 11.1. The van der Waals surface area contributed by atoms with Crippen LogP contribution in [-0.4, -0.2) is 28.5 Å². The van der Waals surface area contributed by atoms with Crippen molar-refractivity contribution in [1.82, 2.24) is 15.2 Å². The van der Waals surface area contributed by atoms with E-state index >= 15 is 0 Å². The van der Waals surface area contributed by atoms with Gasteiger partial charge in [-0.05, 0) is 20.3 Å². The summed E-state index contributed by atoms with van der Waals surface area (Å²) in [4.78, 5) is 0. The van der Waals surface area contributed by atoms with Gasteiger partial charge in [-0.25, -0.2) is 0 Å². The Morgan fingerprint density at radius 1 is 1.67 bits per heavy atom. The van der Waals surface area contributed by atoms with Gasteiger partial charge in [-0.1, -0.05) is 11.6 Å². The number of hydrogen-bond donors (Lipinski definition) is 2. The quantitative estimate of drug-likeness (QED) is 0.638. The molecule has 6 heteroatoms. The van der Waals surface area contributed by atoms with E-state index < -0.39 is 0 Å². The molecule has 1 fully saturated rings. The van der Waals surface area contributed by atoms with Crippen molar-refractivity contribution in [1.29, 1.82) is 0 Å². The summed E-state index contributed by atoms with van der Waals surface area (Å²) in [6.07, 6.45) is 2.04. The lowest BCUT2D eigenvalue weighted by molar-refractivity contribution is 0.0951. The molecule has 0 aliphatic carbocycles. The summed E-state index contributed by atoms with van der Waals surface area (Å²) < 4.78 is 7.44. The number of aryl methyl sites for hydroxylation is 2. The van der Waals surface area contributed by atoms with Gasteiger partial charge < -0.3 is 4.74 Å². The molecule has 3 N–H and O–H groups in total. The lowest BCUT2D eigenvalue weighted by Crippen LogP contribution is -2.45. The highest BCUT2D eigenvalue weighted by molar-refractivity contribution is 6.31. The Labute approximate surface area is 113 Å².